The number of carbonyl (C=O) groups is 2. The van der Waals surface area contributed by atoms with E-state index in [9.17, 15) is 9.59 Å². The van der Waals surface area contributed by atoms with Crippen molar-refractivity contribution in [3.63, 3.8) is 0 Å². The van der Waals surface area contributed by atoms with Crippen molar-refractivity contribution < 1.29 is 23.8 Å². The van der Waals surface area contributed by atoms with Crippen molar-refractivity contribution in [2.45, 2.75) is 59.7 Å². The van der Waals surface area contributed by atoms with Crippen LogP contribution in [0, 0.1) is 6.92 Å². The molecule has 158 valence electrons. The second kappa shape index (κ2) is 8.45. The molecule has 1 aromatic carbocycles. The fourth-order valence-corrected chi connectivity index (χ4v) is 3.71. The monoisotopic (exact) mass is 419 g/mol. The molecule has 0 bridgehead atoms. The first-order valence-electron chi connectivity index (χ1n) is 9.34. The maximum absolute atomic E-state index is 12.8. The molecule has 2 rings (SSSR count). The predicted octanol–water partition coefficient (Wildman–Crippen LogP) is 4.98. The van der Waals surface area contributed by atoms with Crippen molar-refractivity contribution in [2.24, 2.45) is 0 Å². The van der Waals surface area contributed by atoms with Gasteiger partial charge in [0.25, 0.3) is 0 Å². The maximum Gasteiger partial charge on any atom is 0.352 e. The van der Waals surface area contributed by atoms with E-state index in [1.165, 1.54) is 11.3 Å². The highest BCUT2D eigenvalue weighted by atomic mass is 32.1. The number of rotatable bonds is 5. The summed E-state index contributed by atoms with van der Waals surface area (Å²) >= 11 is 1.25. The molecule has 2 aromatic rings. The van der Waals surface area contributed by atoms with Crippen molar-refractivity contribution in [2.75, 3.05) is 12.3 Å². The topological polar surface area (TPSA) is 87.9 Å². The number of anilines is 1. The van der Waals surface area contributed by atoms with Gasteiger partial charge in [0.2, 0.25) is 0 Å². The van der Waals surface area contributed by atoms with Gasteiger partial charge in [-0.1, -0.05) is 12.1 Å². The van der Waals surface area contributed by atoms with Crippen LogP contribution in [-0.2, 0) is 14.3 Å². The van der Waals surface area contributed by atoms with Crippen LogP contribution in [0.25, 0.3) is 10.4 Å². The molecule has 0 amide bonds. The Balaban J connectivity index is 2.41. The Morgan fingerprint density at radius 3 is 2.21 bits per heavy atom. The molecule has 0 aliphatic heterocycles. The summed E-state index contributed by atoms with van der Waals surface area (Å²) in [6.45, 7) is 12.3. The van der Waals surface area contributed by atoms with E-state index in [0.717, 1.165) is 16.0 Å². The van der Waals surface area contributed by atoms with Gasteiger partial charge in [0.1, 0.15) is 17.0 Å². The first-order valence-corrected chi connectivity index (χ1v) is 10.2. The Morgan fingerprint density at radius 1 is 1.03 bits per heavy atom. The Labute approximate surface area is 176 Å². The molecule has 0 unspecified atom stereocenters. The molecule has 0 aliphatic carbocycles. The molecular weight excluding hydrogens is 390 g/mol. The second-order valence-electron chi connectivity index (χ2n) is 8.72. The average Bonchev–Trinajstić information content (AvgIpc) is 2.86. The largest absolute Gasteiger partial charge is 0.480 e. The zero-order valence-electron chi connectivity index (χ0n) is 18.0. The molecule has 1 heterocycles. The molecule has 0 spiro atoms. The van der Waals surface area contributed by atoms with E-state index in [-0.39, 0.29) is 6.61 Å². The number of thiophene rings is 1. The number of nitrogen functional groups attached to an aromatic ring is 1. The fraction of sp³-hybridized carbons (Fsp3) is 0.455. The zero-order valence-corrected chi connectivity index (χ0v) is 18.9. The van der Waals surface area contributed by atoms with Crippen LogP contribution < -0.4 is 10.5 Å². The van der Waals surface area contributed by atoms with Gasteiger partial charge in [-0.05, 0) is 66.2 Å². The van der Waals surface area contributed by atoms with Crippen LogP contribution in [0.2, 0.25) is 0 Å². The van der Waals surface area contributed by atoms with Gasteiger partial charge >= 0.3 is 11.9 Å². The van der Waals surface area contributed by atoms with Crippen LogP contribution in [0.15, 0.2) is 24.3 Å². The normalized spacial score (nSPS) is 11.8. The van der Waals surface area contributed by atoms with Gasteiger partial charge in [-0.15, -0.1) is 11.3 Å². The lowest BCUT2D eigenvalue weighted by Crippen LogP contribution is -2.28. The number of benzene rings is 1. The number of esters is 2. The zero-order chi connectivity index (χ0) is 22.0. The smallest absolute Gasteiger partial charge is 0.352 e. The third kappa shape index (κ3) is 6.49. The second-order valence-corrected chi connectivity index (χ2v) is 9.74. The van der Waals surface area contributed by atoms with Crippen molar-refractivity contribution in [1.82, 2.24) is 0 Å². The molecule has 0 saturated carbocycles. The summed E-state index contributed by atoms with van der Waals surface area (Å²) in [6, 6.07) is 7.38. The highest BCUT2D eigenvalue weighted by molar-refractivity contribution is 7.18. The average molecular weight is 420 g/mol. The fourth-order valence-electron chi connectivity index (χ4n) is 2.59. The number of ether oxygens (including phenoxy) is 3. The summed E-state index contributed by atoms with van der Waals surface area (Å²) in [7, 11) is 0. The summed E-state index contributed by atoms with van der Waals surface area (Å²) in [5.74, 6) is -0.684. The van der Waals surface area contributed by atoms with Gasteiger partial charge in [-0.25, -0.2) is 9.59 Å². The molecular formula is C22H29NO5S. The van der Waals surface area contributed by atoms with E-state index in [1.54, 1.807) is 47.6 Å². The van der Waals surface area contributed by atoms with Crippen molar-refractivity contribution >= 4 is 29.0 Å². The van der Waals surface area contributed by atoms with E-state index in [1.807, 2.05) is 25.1 Å². The van der Waals surface area contributed by atoms with E-state index in [4.69, 9.17) is 19.9 Å². The molecule has 0 aliphatic rings. The van der Waals surface area contributed by atoms with Crippen LogP contribution in [0.5, 0.6) is 5.75 Å². The Morgan fingerprint density at radius 2 is 1.66 bits per heavy atom. The first-order chi connectivity index (χ1) is 13.3. The molecule has 6 nitrogen and oxygen atoms in total. The molecule has 0 fully saturated rings. The van der Waals surface area contributed by atoms with Crippen LogP contribution in [0.1, 0.15) is 56.8 Å². The quantitative estimate of drug-likeness (QED) is 0.543. The minimum atomic E-state index is -0.658. The molecule has 0 saturated heterocycles. The summed E-state index contributed by atoms with van der Waals surface area (Å²) in [6.07, 6.45) is 0. The number of carbonyl (C=O) groups excluding carboxylic acids is 2. The molecule has 29 heavy (non-hydrogen) atoms. The lowest BCUT2D eigenvalue weighted by Gasteiger charge is -2.20. The van der Waals surface area contributed by atoms with Crippen LogP contribution in [0.4, 0.5) is 5.69 Å². The van der Waals surface area contributed by atoms with Crippen molar-refractivity contribution in [3.8, 4) is 16.2 Å². The number of hydrogen-bond acceptors (Lipinski definition) is 7. The Kier molecular flexibility index (Phi) is 6.63. The molecule has 0 atom stereocenters. The Bertz CT molecular complexity index is 903. The summed E-state index contributed by atoms with van der Waals surface area (Å²) in [5.41, 5.74) is 6.86. The predicted molar refractivity (Wildman–Crippen MR) is 115 cm³/mol. The van der Waals surface area contributed by atoms with Gasteiger partial charge in [-0.3, -0.25) is 0 Å². The standard InChI is InChI=1S/C22H29NO5S/c1-13-17(26-12-16(24)27-21(2,3)4)19(20(25)28-22(5,6)7)29-18(13)14-9-8-10-15(23)11-14/h8-11H,12,23H2,1-7H3. The molecule has 1 aromatic heterocycles. The van der Waals surface area contributed by atoms with E-state index in [0.29, 0.717) is 16.3 Å². The summed E-state index contributed by atoms with van der Waals surface area (Å²) < 4.78 is 16.6. The van der Waals surface area contributed by atoms with Gasteiger partial charge in [0.05, 0.1) is 0 Å². The minimum absolute atomic E-state index is 0.304. The highest BCUT2D eigenvalue weighted by Gasteiger charge is 2.28. The van der Waals surface area contributed by atoms with E-state index in [2.05, 4.69) is 0 Å². The summed E-state index contributed by atoms with van der Waals surface area (Å²) in [5, 5.41) is 0. The first kappa shape index (κ1) is 22.7. The Hall–Kier alpha value is -2.54. The van der Waals surface area contributed by atoms with Gasteiger partial charge in [0.15, 0.2) is 11.5 Å². The van der Waals surface area contributed by atoms with Crippen molar-refractivity contribution in [3.05, 3.63) is 34.7 Å². The minimum Gasteiger partial charge on any atom is -0.480 e. The highest BCUT2D eigenvalue weighted by Crippen LogP contribution is 2.42. The van der Waals surface area contributed by atoms with Crippen LogP contribution in [0.3, 0.4) is 0 Å². The summed E-state index contributed by atoms with van der Waals surface area (Å²) in [4.78, 5) is 26.0. The third-order valence-electron chi connectivity index (χ3n) is 3.58. The van der Waals surface area contributed by atoms with E-state index >= 15 is 0 Å². The SMILES string of the molecule is Cc1c(-c2cccc(N)c2)sc(C(=O)OC(C)(C)C)c1OCC(=O)OC(C)(C)C. The lowest BCUT2D eigenvalue weighted by molar-refractivity contribution is -0.157. The van der Waals surface area contributed by atoms with Crippen LogP contribution in [-0.4, -0.2) is 29.7 Å². The van der Waals surface area contributed by atoms with Gasteiger partial charge < -0.3 is 19.9 Å². The lowest BCUT2D eigenvalue weighted by atomic mass is 10.1. The van der Waals surface area contributed by atoms with Crippen molar-refractivity contribution in [1.29, 1.82) is 0 Å². The van der Waals surface area contributed by atoms with E-state index < -0.39 is 23.1 Å². The molecule has 7 heteroatoms. The van der Waals surface area contributed by atoms with Crippen LogP contribution >= 0.6 is 11.3 Å². The number of hydrogen-bond donors (Lipinski definition) is 1. The van der Waals surface area contributed by atoms with Gasteiger partial charge in [-0.2, -0.15) is 0 Å². The maximum atomic E-state index is 12.8. The van der Waals surface area contributed by atoms with Gasteiger partial charge in [0, 0.05) is 16.1 Å². The number of nitrogens with two attached hydrogens (primary N) is 1. The molecule has 2 N–H and O–H groups in total. The third-order valence-corrected chi connectivity index (χ3v) is 4.88. The molecule has 0 radical (unpaired) electrons.